The molecule has 0 aliphatic rings. The largest absolute Gasteiger partial charge is 0.328 e. The molecule has 100 valence electrons. The Morgan fingerprint density at radius 3 is 2.63 bits per heavy atom. The lowest BCUT2D eigenvalue weighted by Gasteiger charge is -2.18. The standard InChI is InChI=1S/C15H20N4/c1-4-16-11-13-8-9-15(18-17-13)19(3)14-7-5-6-12(2)10-14/h5-10,16H,4,11H2,1-3H3. The summed E-state index contributed by atoms with van der Waals surface area (Å²) in [4.78, 5) is 2.04. The molecule has 2 rings (SSSR count). The lowest BCUT2D eigenvalue weighted by atomic mass is 10.2. The summed E-state index contributed by atoms with van der Waals surface area (Å²) in [5.41, 5.74) is 3.32. The van der Waals surface area contributed by atoms with Crippen molar-refractivity contribution < 1.29 is 0 Å². The smallest absolute Gasteiger partial charge is 0.155 e. The second kappa shape index (κ2) is 6.29. The third-order valence-corrected chi connectivity index (χ3v) is 2.99. The Morgan fingerprint density at radius 2 is 2.00 bits per heavy atom. The van der Waals surface area contributed by atoms with Gasteiger partial charge in [0.2, 0.25) is 0 Å². The van der Waals surface area contributed by atoms with Crippen molar-refractivity contribution in [3.63, 3.8) is 0 Å². The fourth-order valence-corrected chi connectivity index (χ4v) is 1.85. The lowest BCUT2D eigenvalue weighted by Crippen LogP contribution is -2.15. The van der Waals surface area contributed by atoms with Crippen LogP contribution in [-0.4, -0.2) is 23.8 Å². The molecule has 1 aromatic heterocycles. The Hall–Kier alpha value is -1.94. The van der Waals surface area contributed by atoms with Crippen molar-refractivity contribution in [2.75, 3.05) is 18.5 Å². The van der Waals surface area contributed by atoms with Crippen molar-refractivity contribution in [3.05, 3.63) is 47.7 Å². The lowest BCUT2D eigenvalue weighted by molar-refractivity contribution is 0.698. The number of nitrogens with one attached hydrogen (secondary N) is 1. The molecule has 2 aromatic rings. The fourth-order valence-electron chi connectivity index (χ4n) is 1.85. The number of hydrogen-bond acceptors (Lipinski definition) is 4. The zero-order valence-electron chi connectivity index (χ0n) is 11.7. The molecule has 0 spiro atoms. The summed E-state index contributed by atoms with van der Waals surface area (Å²) >= 11 is 0. The van der Waals surface area contributed by atoms with Crippen molar-refractivity contribution in [2.45, 2.75) is 20.4 Å². The van der Waals surface area contributed by atoms with Gasteiger partial charge in [-0.15, -0.1) is 5.10 Å². The van der Waals surface area contributed by atoms with E-state index in [2.05, 4.69) is 47.6 Å². The van der Waals surface area contributed by atoms with E-state index < -0.39 is 0 Å². The van der Waals surface area contributed by atoms with Gasteiger partial charge in [-0.05, 0) is 43.3 Å². The van der Waals surface area contributed by atoms with Crippen molar-refractivity contribution in [3.8, 4) is 0 Å². The predicted octanol–water partition coefficient (Wildman–Crippen LogP) is 2.66. The number of hydrogen-bond donors (Lipinski definition) is 1. The molecule has 0 radical (unpaired) electrons. The van der Waals surface area contributed by atoms with Gasteiger partial charge in [0.25, 0.3) is 0 Å². The van der Waals surface area contributed by atoms with E-state index in [1.807, 2.05) is 30.1 Å². The summed E-state index contributed by atoms with van der Waals surface area (Å²) < 4.78 is 0. The molecule has 0 saturated heterocycles. The predicted molar refractivity (Wildman–Crippen MR) is 78.7 cm³/mol. The van der Waals surface area contributed by atoms with E-state index >= 15 is 0 Å². The van der Waals surface area contributed by atoms with Crippen LogP contribution in [-0.2, 0) is 6.54 Å². The highest BCUT2D eigenvalue weighted by Crippen LogP contribution is 2.21. The molecule has 0 unspecified atom stereocenters. The van der Waals surface area contributed by atoms with Gasteiger partial charge in [0, 0.05) is 19.3 Å². The highest BCUT2D eigenvalue weighted by Gasteiger charge is 2.06. The minimum Gasteiger partial charge on any atom is -0.328 e. The minimum atomic E-state index is 0.762. The van der Waals surface area contributed by atoms with Crippen LogP contribution < -0.4 is 10.2 Å². The first kappa shape index (κ1) is 13.5. The Morgan fingerprint density at radius 1 is 1.16 bits per heavy atom. The maximum absolute atomic E-state index is 4.27. The van der Waals surface area contributed by atoms with Crippen LogP contribution in [0.25, 0.3) is 0 Å². The van der Waals surface area contributed by atoms with Crippen LogP contribution in [0, 0.1) is 6.92 Å². The van der Waals surface area contributed by atoms with Gasteiger partial charge in [-0.1, -0.05) is 19.1 Å². The van der Waals surface area contributed by atoms with Gasteiger partial charge in [0.05, 0.1) is 5.69 Å². The summed E-state index contributed by atoms with van der Waals surface area (Å²) in [6, 6.07) is 12.4. The Labute approximate surface area is 114 Å². The molecule has 0 atom stereocenters. The quantitative estimate of drug-likeness (QED) is 0.893. The third-order valence-electron chi connectivity index (χ3n) is 2.99. The molecule has 0 aliphatic carbocycles. The summed E-state index contributed by atoms with van der Waals surface area (Å²) in [6.45, 7) is 5.86. The molecule has 0 saturated carbocycles. The molecular weight excluding hydrogens is 236 g/mol. The Balaban J connectivity index is 2.13. The number of nitrogens with zero attached hydrogens (tertiary/aromatic N) is 3. The number of anilines is 2. The van der Waals surface area contributed by atoms with Gasteiger partial charge in [-0.3, -0.25) is 0 Å². The second-order valence-electron chi connectivity index (χ2n) is 4.56. The second-order valence-corrected chi connectivity index (χ2v) is 4.56. The van der Waals surface area contributed by atoms with E-state index in [-0.39, 0.29) is 0 Å². The van der Waals surface area contributed by atoms with Crippen LogP contribution in [0.5, 0.6) is 0 Å². The zero-order chi connectivity index (χ0) is 13.7. The van der Waals surface area contributed by atoms with Crippen molar-refractivity contribution in [2.24, 2.45) is 0 Å². The van der Waals surface area contributed by atoms with Gasteiger partial charge >= 0.3 is 0 Å². The van der Waals surface area contributed by atoms with Gasteiger partial charge in [0.1, 0.15) is 0 Å². The molecule has 0 amide bonds. The SMILES string of the molecule is CCNCc1ccc(N(C)c2cccc(C)c2)nn1. The summed E-state index contributed by atoms with van der Waals surface area (Å²) in [6.07, 6.45) is 0. The normalized spacial score (nSPS) is 10.5. The highest BCUT2D eigenvalue weighted by molar-refractivity contribution is 5.59. The Bertz CT molecular complexity index is 522. The van der Waals surface area contributed by atoms with Crippen molar-refractivity contribution in [1.82, 2.24) is 15.5 Å². The molecular formula is C15H20N4. The van der Waals surface area contributed by atoms with E-state index in [4.69, 9.17) is 0 Å². The molecule has 4 nitrogen and oxygen atoms in total. The van der Waals surface area contributed by atoms with Gasteiger partial charge in [-0.25, -0.2) is 0 Å². The molecule has 0 aliphatic heterocycles. The fraction of sp³-hybridized carbons (Fsp3) is 0.333. The first-order chi connectivity index (χ1) is 9.20. The van der Waals surface area contributed by atoms with E-state index in [9.17, 15) is 0 Å². The van der Waals surface area contributed by atoms with Crippen LogP contribution in [0.2, 0.25) is 0 Å². The van der Waals surface area contributed by atoms with Gasteiger partial charge in [0.15, 0.2) is 5.82 Å². The molecule has 0 fully saturated rings. The summed E-state index contributed by atoms with van der Waals surface area (Å²) in [5.74, 6) is 0.853. The first-order valence-electron chi connectivity index (χ1n) is 6.54. The van der Waals surface area contributed by atoms with Crippen LogP contribution >= 0.6 is 0 Å². The minimum absolute atomic E-state index is 0.762. The van der Waals surface area contributed by atoms with Crippen molar-refractivity contribution >= 4 is 11.5 Å². The topological polar surface area (TPSA) is 41.0 Å². The maximum Gasteiger partial charge on any atom is 0.155 e. The van der Waals surface area contributed by atoms with Crippen LogP contribution in [0.1, 0.15) is 18.2 Å². The van der Waals surface area contributed by atoms with Crippen LogP contribution in [0.4, 0.5) is 11.5 Å². The van der Waals surface area contributed by atoms with Crippen molar-refractivity contribution in [1.29, 1.82) is 0 Å². The average Bonchev–Trinajstić information content (AvgIpc) is 2.45. The zero-order valence-corrected chi connectivity index (χ0v) is 11.7. The van der Waals surface area contributed by atoms with E-state index in [1.54, 1.807) is 0 Å². The number of benzene rings is 1. The third kappa shape index (κ3) is 3.51. The summed E-state index contributed by atoms with van der Waals surface area (Å²) in [7, 11) is 2.00. The van der Waals surface area contributed by atoms with E-state index in [0.29, 0.717) is 0 Å². The molecule has 1 heterocycles. The number of rotatable bonds is 5. The molecule has 19 heavy (non-hydrogen) atoms. The van der Waals surface area contributed by atoms with E-state index in [1.165, 1.54) is 5.56 Å². The Kier molecular flexibility index (Phi) is 4.47. The van der Waals surface area contributed by atoms with Gasteiger partial charge < -0.3 is 10.2 Å². The molecule has 4 heteroatoms. The van der Waals surface area contributed by atoms with Gasteiger partial charge in [-0.2, -0.15) is 5.10 Å². The monoisotopic (exact) mass is 256 g/mol. The first-order valence-corrected chi connectivity index (χ1v) is 6.54. The van der Waals surface area contributed by atoms with Crippen LogP contribution in [0.15, 0.2) is 36.4 Å². The van der Waals surface area contributed by atoms with Crippen LogP contribution in [0.3, 0.4) is 0 Å². The highest BCUT2D eigenvalue weighted by atomic mass is 15.2. The summed E-state index contributed by atoms with van der Waals surface area (Å²) in [5, 5.41) is 11.7. The van der Waals surface area contributed by atoms with E-state index in [0.717, 1.165) is 30.3 Å². The number of aryl methyl sites for hydroxylation is 1. The molecule has 1 N–H and O–H groups in total. The molecule has 1 aromatic carbocycles. The molecule has 0 bridgehead atoms. The number of aromatic nitrogens is 2. The maximum atomic E-state index is 4.27. The average molecular weight is 256 g/mol.